The van der Waals surface area contributed by atoms with E-state index in [1.54, 1.807) is 7.11 Å². The first-order valence-electron chi connectivity index (χ1n) is 10.0. The largest absolute Gasteiger partial charge is 0.495 e. The van der Waals surface area contributed by atoms with Gasteiger partial charge < -0.3 is 14.2 Å². The Labute approximate surface area is 175 Å². The number of nitrogens with zero attached hydrogens (tertiary/aromatic N) is 4. The van der Waals surface area contributed by atoms with Crippen LogP contribution in [0, 0.1) is 0 Å². The van der Waals surface area contributed by atoms with E-state index >= 15 is 0 Å². The van der Waals surface area contributed by atoms with Crippen LogP contribution in [0.4, 0.5) is 0 Å². The van der Waals surface area contributed by atoms with E-state index in [4.69, 9.17) is 9.73 Å². The van der Waals surface area contributed by atoms with Gasteiger partial charge in [-0.25, -0.2) is 0 Å². The Morgan fingerprint density at radius 1 is 1.10 bits per heavy atom. The van der Waals surface area contributed by atoms with Gasteiger partial charge in [-0.15, -0.1) is 0 Å². The zero-order valence-electron chi connectivity index (χ0n) is 16.6. The normalized spacial score (nSPS) is 23.2. The van der Waals surface area contributed by atoms with Crippen molar-refractivity contribution >= 4 is 16.9 Å². The van der Waals surface area contributed by atoms with Crippen LogP contribution in [-0.4, -0.2) is 38.5 Å². The quantitative estimate of drug-likeness (QED) is 0.609. The third-order valence-electron chi connectivity index (χ3n) is 5.76. The van der Waals surface area contributed by atoms with Gasteiger partial charge in [0.25, 0.3) is 0 Å². The number of fused-ring (bicyclic) bond motifs is 1. The lowest BCUT2D eigenvalue weighted by Crippen LogP contribution is -2.36. The van der Waals surface area contributed by atoms with Gasteiger partial charge in [0.1, 0.15) is 17.8 Å². The predicted octanol–water partition coefficient (Wildman–Crippen LogP) is 4.86. The van der Waals surface area contributed by atoms with Crippen molar-refractivity contribution in [2.45, 2.75) is 31.5 Å². The van der Waals surface area contributed by atoms with Crippen LogP contribution in [0.3, 0.4) is 0 Å². The maximum absolute atomic E-state index is 5.65. The van der Waals surface area contributed by atoms with Crippen molar-refractivity contribution in [1.82, 2.24) is 14.5 Å². The third-order valence-corrected chi connectivity index (χ3v) is 6.88. The second kappa shape index (κ2) is 7.59. The van der Waals surface area contributed by atoms with E-state index in [1.807, 2.05) is 42.2 Å². The van der Waals surface area contributed by atoms with E-state index in [9.17, 15) is 0 Å². The average molecular weight is 405 g/mol. The van der Waals surface area contributed by atoms with E-state index in [1.165, 1.54) is 5.69 Å². The molecule has 0 amide bonds. The van der Waals surface area contributed by atoms with Gasteiger partial charge in [-0.2, -0.15) is 0 Å². The zero-order chi connectivity index (χ0) is 19.8. The Morgan fingerprint density at radius 2 is 1.97 bits per heavy atom. The lowest BCUT2D eigenvalue weighted by Gasteiger charge is -2.32. The maximum atomic E-state index is 5.65. The topological polar surface area (TPSA) is 42.6 Å². The van der Waals surface area contributed by atoms with Crippen LogP contribution < -0.4 is 4.74 Å². The Bertz CT molecular complexity index is 1030. The summed E-state index contributed by atoms with van der Waals surface area (Å²) in [7, 11) is 1.72. The molecule has 0 radical (unpaired) electrons. The summed E-state index contributed by atoms with van der Waals surface area (Å²) in [4.78, 5) is 12.3. The molecule has 1 aromatic carbocycles. The fraction of sp³-hybridized carbons (Fsp3) is 0.304. The van der Waals surface area contributed by atoms with Crippen LogP contribution >= 0.6 is 11.8 Å². The summed E-state index contributed by atoms with van der Waals surface area (Å²) in [5.41, 5.74) is 3.27. The van der Waals surface area contributed by atoms with Crippen molar-refractivity contribution in [3.63, 3.8) is 0 Å². The molecular formula is C23H24N4OS. The Kier molecular flexibility index (Phi) is 4.79. The van der Waals surface area contributed by atoms with Gasteiger partial charge in [0.2, 0.25) is 0 Å². The van der Waals surface area contributed by atoms with Crippen molar-refractivity contribution in [3.05, 3.63) is 78.4 Å². The fourth-order valence-corrected chi connectivity index (χ4v) is 5.69. The minimum atomic E-state index is -0.0172. The number of aromatic nitrogens is 2. The first-order chi connectivity index (χ1) is 14.3. The monoisotopic (exact) mass is 404 g/mol. The summed E-state index contributed by atoms with van der Waals surface area (Å²) in [6.45, 7) is 2.26. The molecule has 0 aliphatic carbocycles. The van der Waals surface area contributed by atoms with Gasteiger partial charge in [-0.3, -0.25) is 9.98 Å². The minimum absolute atomic E-state index is 0.0172. The molecule has 5 nitrogen and oxygen atoms in total. The second-order valence-corrected chi connectivity index (χ2v) is 8.30. The Hall–Kier alpha value is -2.73. The number of benzene rings is 1. The smallest absolute Gasteiger partial charge is 0.160 e. The molecule has 0 spiro atoms. The average Bonchev–Trinajstić information content (AvgIpc) is 3.49. The summed E-state index contributed by atoms with van der Waals surface area (Å²) in [5.74, 6) is 1.96. The van der Waals surface area contributed by atoms with E-state index in [0.717, 1.165) is 34.5 Å². The van der Waals surface area contributed by atoms with Gasteiger partial charge in [0.15, 0.2) is 5.17 Å². The molecule has 6 heteroatoms. The number of para-hydroxylation sites is 2. The lowest BCUT2D eigenvalue weighted by molar-refractivity contribution is 0.248. The molecule has 3 atom stereocenters. The van der Waals surface area contributed by atoms with E-state index in [2.05, 4.69) is 57.9 Å². The Morgan fingerprint density at radius 3 is 2.76 bits per heavy atom. The number of rotatable bonds is 5. The van der Waals surface area contributed by atoms with Crippen LogP contribution in [0.2, 0.25) is 0 Å². The van der Waals surface area contributed by atoms with Crippen molar-refractivity contribution in [2.75, 3.05) is 12.9 Å². The molecule has 0 N–H and O–H groups in total. The zero-order valence-corrected chi connectivity index (χ0v) is 17.4. The van der Waals surface area contributed by atoms with Crippen LogP contribution in [0.25, 0.3) is 5.69 Å². The molecule has 0 bridgehead atoms. The summed E-state index contributed by atoms with van der Waals surface area (Å²) in [5, 5.41) is 1.14. The van der Waals surface area contributed by atoms with Gasteiger partial charge in [-0.05, 0) is 42.8 Å². The van der Waals surface area contributed by atoms with E-state index in [0.29, 0.717) is 6.04 Å². The maximum Gasteiger partial charge on any atom is 0.160 e. The number of aliphatic imine (C=N–C) groups is 1. The molecule has 2 aromatic heterocycles. The van der Waals surface area contributed by atoms with Crippen LogP contribution in [0.1, 0.15) is 36.8 Å². The molecule has 4 heterocycles. The molecule has 0 saturated carbocycles. The highest BCUT2D eigenvalue weighted by molar-refractivity contribution is 8.14. The molecule has 2 aliphatic rings. The highest BCUT2D eigenvalue weighted by Crippen LogP contribution is 2.49. The SMILES string of the molecule is CC[C@@H]1CSC2=N[C@H](c3ccccn3)[C@@H](c3cccn3-c3ccccc3OC)N21. The molecule has 0 unspecified atom stereocenters. The minimum Gasteiger partial charge on any atom is -0.495 e. The molecule has 2 aliphatic heterocycles. The van der Waals surface area contributed by atoms with Crippen LogP contribution in [0.5, 0.6) is 5.75 Å². The molecule has 148 valence electrons. The highest BCUT2D eigenvalue weighted by Gasteiger charge is 2.46. The molecule has 1 saturated heterocycles. The number of hydrogen-bond donors (Lipinski definition) is 0. The first-order valence-corrected chi connectivity index (χ1v) is 11.0. The summed E-state index contributed by atoms with van der Waals surface area (Å²) in [6.07, 6.45) is 5.08. The lowest BCUT2D eigenvalue weighted by atomic mass is 9.99. The molecule has 3 aromatic rings. The van der Waals surface area contributed by atoms with Gasteiger partial charge in [-0.1, -0.05) is 36.9 Å². The number of thioether (sulfide) groups is 1. The summed E-state index contributed by atoms with van der Waals surface area (Å²) >= 11 is 1.87. The molecule has 1 fully saturated rings. The van der Waals surface area contributed by atoms with Crippen molar-refractivity contribution < 1.29 is 4.74 Å². The number of pyridine rings is 1. The molecule has 29 heavy (non-hydrogen) atoms. The molecule has 5 rings (SSSR count). The summed E-state index contributed by atoms with van der Waals surface area (Å²) < 4.78 is 7.89. The third kappa shape index (κ3) is 3.02. The van der Waals surface area contributed by atoms with Gasteiger partial charge >= 0.3 is 0 Å². The van der Waals surface area contributed by atoms with Crippen molar-refractivity contribution in [1.29, 1.82) is 0 Å². The molecular weight excluding hydrogens is 380 g/mol. The Balaban J connectivity index is 1.64. The van der Waals surface area contributed by atoms with E-state index in [-0.39, 0.29) is 12.1 Å². The van der Waals surface area contributed by atoms with Crippen LogP contribution in [-0.2, 0) is 0 Å². The van der Waals surface area contributed by atoms with E-state index < -0.39 is 0 Å². The first kappa shape index (κ1) is 18.3. The standard InChI is InChI=1S/C23H24N4OS/c1-3-16-15-29-23-25-21(17-9-6-7-13-24-17)22(27(16)23)19-11-8-14-26(19)18-10-4-5-12-20(18)28-2/h4-14,16,21-22H,3,15H2,1-2H3/t16-,21-,22-/m1/s1. The predicted molar refractivity (Wildman–Crippen MR) is 118 cm³/mol. The van der Waals surface area contributed by atoms with Crippen molar-refractivity contribution in [2.24, 2.45) is 4.99 Å². The number of hydrogen-bond acceptors (Lipinski definition) is 5. The number of methoxy groups -OCH3 is 1. The van der Waals surface area contributed by atoms with Crippen molar-refractivity contribution in [3.8, 4) is 11.4 Å². The number of ether oxygens (including phenoxy) is 1. The number of amidine groups is 1. The fourth-order valence-electron chi connectivity index (χ4n) is 4.35. The van der Waals surface area contributed by atoms with Gasteiger partial charge in [0, 0.05) is 29.9 Å². The summed E-state index contributed by atoms with van der Waals surface area (Å²) in [6, 6.07) is 19.2. The van der Waals surface area contributed by atoms with Gasteiger partial charge in [0.05, 0.1) is 18.5 Å². The highest BCUT2D eigenvalue weighted by atomic mass is 32.2. The second-order valence-electron chi connectivity index (χ2n) is 7.31. The van der Waals surface area contributed by atoms with Crippen LogP contribution in [0.15, 0.2) is 72.0 Å².